The highest BCUT2D eigenvalue weighted by atomic mass is 35.5. The van der Waals surface area contributed by atoms with Crippen molar-refractivity contribution in [2.45, 2.75) is 4.90 Å². The number of guanidine groups is 1. The van der Waals surface area contributed by atoms with Crippen LogP contribution in [0.2, 0.25) is 5.02 Å². The number of aliphatic imine (C=N–C) groups is 1. The van der Waals surface area contributed by atoms with Crippen LogP contribution in [0.25, 0.3) is 11.1 Å². The Morgan fingerprint density at radius 3 is 2.85 bits per heavy atom. The molecule has 20 heavy (non-hydrogen) atoms. The average molecular weight is 308 g/mol. The first kappa shape index (κ1) is 13.3. The second kappa shape index (κ2) is 5.34. The monoisotopic (exact) mass is 307 g/mol. The first-order valence-electron chi connectivity index (χ1n) is 5.94. The highest BCUT2D eigenvalue weighted by molar-refractivity contribution is 7.98. The van der Waals surface area contributed by atoms with Crippen LogP contribution in [0, 0.1) is 5.82 Å². The van der Waals surface area contributed by atoms with Gasteiger partial charge in [0, 0.05) is 23.2 Å². The van der Waals surface area contributed by atoms with E-state index in [4.69, 9.17) is 11.6 Å². The van der Waals surface area contributed by atoms with Gasteiger partial charge in [0.2, 0.25) is 5.96 Å². The van der Waals surface area contributed by atoms with Gasteiger partial charge in [-0.05, 0) is 36.2 Å². The van der Waals surface area contributed by atoms with Crippen molar-refractivity contribution in [1.29, 1.82) is 0 Å². The number of anilines is 1. The number of para-hydroxylation sites is 1. The van der Waals surface area contributed by atoms with E-state index in [1.54, 1.807) is 13.1 Å². The Bertz CT molecular complexity index is 703. The molecule has 0 aromatic heterocycles. The van der Waals surface area contributed by atoms with Gasteiger partial charge in [0.15, 0.2) is 0 Å². The zero-order valence-corrected chi connectivity index (χ0v) is 12.1. The molecule has 0 bridgehead atoms. The number of benzene rings is 2. The van der Waals surface area contributed by atoms with Gasteiger partial charge < -0.3 is 5.32 Å². The fourth-order valence-electron chi connectivity index (χ4n) is 2.02. The van der Waals surface area contributed by atoms with Crippen LogP contribution in [0.3, 0.4) is 0 Å². The molecule has 0 aliphatic carbocycles. The minimum Gasteiger partial charge on any atom is -0.324 e. The normalized spacial score (nSPS) is 15.4. The number of rotatable bonds is 1. The Morgan fingerprint density at radius 1 is 1.20 bits per heavy atom. The minimum atomic E-state index is -0.312. The number of hydrogen-bond acceptors (Lipinski definition) is 2. The smallest absolute Gasteiger partial charge is 0.206 e. The number of hydrogen-bond donors (Lipinski definition) is 2. The highest BCUT2D eigenvalue weighted by Crippen LogP contribution is 2.40. The van der Waals surface area contributed by atoms with E-state index in [-0.39, 0.29) is 5.82 Å². The Kier molecular flexibility index (Phi) is 3.54. The fourth-order valence-corrected chi connectivity index (χ4v) is 3.00. The summed E-state index contributed by atoms with van der Waals surface area (Å²) in [6.45, 7) is 0. The molecule has 1 aliphatic heterocycles. The second-order valence-electron chi connectivity index (χ2n) is 4.20. The molecule has 102 valence electrons. The average Bonchev–Trinajstić information content (AvgIpc) is 2.48. The zero-order chi connectivity index (χ0) is 14.1. The maximum atomic E-state index is 13.5. The van der Waals surface area contributed by atoms with Gasteiger partial charge in [0.25, 0.3) is 0 Å². The third-order valence-corrected chi connectivity index (χ3v) is 4.15. The van der Waals surface area contributed by atoms with Crippen LogP contribution in [0.5, 0.6) is 0 Å². The van der Waals surface area contributed by atoms with E-state index in [9.17, 15) is 4.39 Å². The van der Waals surface area contributed by atoms with E-state index in [0.29, 0.717) is 16.5 Å². The van der Waals surface area contributed by atoms with Crippen LogP contribution in [0.15, 0.2) is 46.3 Å². The van der Waals surface area contributed by atoms with E-state index in [0.717, 1.165) is 16.1 Å². The maximum absolute atomic E-state index is 13.5. The summed E-state index contributed by atoms with van der Waals surface area (Å²) in [6.07, 6.45) is 0. The number of nitrogens with one attached hydrogen (secondary N) is 2. The van der Waals surface area contributed by atoms with E-state index in [1.165, 1.54) is 24.1 Å². The quantitative estimate of drug-likeness (QED) is 0.777. The molecule has 3 rings (SSSR count). The van der Waals surface area contributed by atoms with E-state index < -0.39 is 0 Å². The summed E-state index contributed by atoms with van der Waals surface area (Å²) < 4.78 is 16.6. The molecule has 3 nitrogen and oxygen atoms in total. The van der Waals surface area contributed by atoms with Crippen molar-refractivity contribution in [1.82, 2.24) is 4.72 Å². The summed E-state index contributed by atoms with van der Waals surface area (Å²) in [5.74, 6) is 0.343. The summed E-state index contributed by atoms with van der Waals surface area (Å²) in [5, 5.41) is 3.71. The van der Waals surface area contributed by atoms with Crippen LogP contribution in [-0.2, 0) is 0 Å². The predicted molar refractivity (Wildman–Crippen MR) is 82.8 cm³/mol. The van der Waals surface area contributed by atoms with Gasteiger partial charge in [-0.1, -0.05) is 23.7 Å². The first-order valence-corrected chi connectivity index (χ1v) is 7.13. The lowest BCUT2D eigenvalue weighted by Gasteiger charge is -2.23. The van der Waals surface area contributed by atoms with Gasteiger partial charge in [-0.2, -0.15) is 0 Å². The van der Waals surface area contributed by atoms with Gasteiger partial charge in [-0.3, -0.25) is 9.71 Å². The van der Waals surface area contributed by atoms with E-state index in [1.807, 2.05) is 18.2 Å². The van der Waals surface area contributed by atoms with Crippen molar-refractivity contribution in [2.75, 3.05) is 12.4 Å². The third-order valence-electron chi connectivity index (χ3n) is 2.97. The molecule has 0 saturated heterocycles. The van der Waals surface area contributed by atoms with Gasteiger partial charge in [-0.25, -0.2) is 4.39 Å². The molecule has 1 aliphatic rings. The molecule has 0 fully saturated rings. The zero-order valence-electron chi connectivity index (χ0n) is 10.6. The lowest BCUT2D eigenvalue weighted by molar-refractivity contribution is 0.628. The Hall–Kier alpha value is -1.72. The molecule has 6 heteroatoms. The van der Waals surface area contributed by atoms with Crippen LogP contribution in [0.4, 0.5) is 10.1 Å². The second-order valence-corrected chi connectivity index (χ2v) is 5.46. The van der Waals surface area contributed by atoms with Crippen molar-refractivity contribution < 1.29 is 4.39 Å². The summed E-state index contributed by atoms with van der Waals surface area (Å²) in [6, 6.07) is 10.2. The summed E-state index contributed by atoms with van der Waals surface area (Å²) in [5.41, 5.74) is 2.39. The summed E-state index contributed by atoms with van der Waals surface area (Å²) >= 11 is 7.66. The largest absolute Gasteiger partial charge is 0.324 e. The SMILES string of the molecule is CN=C1NSc2cccc(-c3cc(F)ccc3Cl)c2N1. The van der Waals surface area contributed by atoms with Crippen molar-refractivity contribution in [3.8, 4) is 11.1 Å². The van der Waals surface area contributed by atoms with Crippen LogP contribution >= 0.6 is 23.5 Å². The van der Waals surface area contributed by atoms with Crippen molar-refractivity contribution in [3.63, 3.8) is 0 Å². The van der Waals surface area contributed by atoms with Crippen molar-refractivity contribution in [2.24, 2.45) is 4.99 Å². The molecule has 2 aromatic rings. The van der Waals surface area contributed by atoms with Crippen molar-refractivity contribution >= 4 is 35.2 Å². The van der Waals surface area contributed by atoms with E-state index in [2.05, 4.69) is 15.0 Å². The number of halogens is 2. The molecular weight excluding hydrogens is 297 g/mol. The predicted octanol–water partition coefficient (Wildman–Crippen LogP) is 4.15. The molecular formula is C14H11ClFN3S. The topological polar surface area (TPSA) is 36.4 Å². The molecule has 2 N–H and O–H groups in total. The van der Waals surface area contributed by atoms with Crippen LogP contribution < -0.4 is 10.0 Å². The molecule has 0 amide bonds. The molecule has 1 heterocycles. The number of fused-ring (bicyclic) bond motifs is 1. The first-order chi connectivity index (χ1) is 9.69. The maximum Gasteiger partial charge on any atom is 0.206 e. The lowest BCUT2D eigenvalue weighted by atomic mass is 10.0. The molecule has 2 aromatic carbocycles. The Labute approximate surface area is 125 Å². The highest BCUT2D eigenvalue weighted by Gasteiger charge is 2.19. The molecule has 0 saturated carbocycles. The molecule has 0 atom stereocenters. The van der Waals surface area contributed by atoms with Crippen LogP contribution in [0.1, 0.15) is 0 Å². The fraction of sp³-hybridized carbons (Fsp3) is 0.0714. The van der Waals surface area contributed by atoms with Gasteiger partial charge in [-0.15, -0.1) is 0 Å². The molecule has 0 radical (unpaired) electrons. The Morgan fingerprint density at radius 2 is 2.05 bits per heavy atom. The molecule has 0 spiro atoms. The molecule has 0 unspecified atom stereocenters. The van der Waals surface area contributed by atoms with Gasteiger partial charge >= 0.3 is 0 Å². The Balaban J connectivity index is 2.18. The minimum absolute atomic E-state index is 0.312. The van der Waals surface area contributed by atoms with Gasteiger partial charge in [0.05, 0.1) is 10.6 Å². The lowest BCUT2D eigenvalue weighted by Crippen LogP contribution is -2.29. The summed E-state index contributed by atoms with van der Waals surface area (Å²) in [4.78, 5) is 5.10. The van der Waals surface area contributed by atoms with E-state index >= 15 is 0 Å². The third kappa shape index (κ3) is 2.34. The van der Waals surface area contributed by atoms with Crippen molar-refractivity contribution in [3.05, 3.63) is 47.2 Å². The number of nitrogens with zero attached hydrogens (tertiary/aromatic N) is 1. The van der Waals surface area contributed by atoms with Crippen LogP contribution in [-0.4, -0.2) is 13.0 Å². The summed E-state index contributed by atoms with van der Waals surface area (Å²) in [7, 11) is 1.69. The standard InChI is InChI=1S/C14H11ClFN3S/c1-17-14-18-13-9(3-2-4-12(13)20-19-14)10-7-8(16)5-6-11(10)15/h2-7H,1H3,(H2,17,18,19). The van der Waals surface area contributed by atoms with Gasteiger partial charge in [0.1, 0.15) is 5.82 Å².